The Labute approximate surface area is 265 Å². The van der Waals surface area contributed by atoms with E-state index in [0.717, 1.165) is 34.9 Å². The summed E-state index contributed by atoms with van der Waals surface area (Å²) >= 11 is 0. The molecule has 3 aliphatic rings. The van der Waals surface area contributed by atoms with Gasteiger partial charge in [-0.15, -0.1) is 0 Å². The lowest BCUT2D eigenvalue weighted by Crippen LogP contribution is -2.68. The molecule has 2 unspecified atom stereocenters. The van der Waals surface area contributed by atoms with Crippen molar-refractivity contribution in [3.63, 3.8) is 0 Å². The first-order valence-corrected chi connectivity index (χ1v) is 16.4. The van der Waals surface area contributed by atoms with Gasteiger partial charge in [0, 0.05) is 84.9 Å². The molecule has 2 aromatic carbocycles. The number of anilines is 1. The van der Waals surface area contributed by atoms with Gasteiger partial charge in [0.2, 0.25) is 0 Å². The molecule has 46 heavy (non-hydrogen) atoms. The molecule has 2 bridgehead atoms. The quantitative estimate of drug-likeness (QED) is 0.254. The van der Waals surface area contributed by atoms with Crippen LogP contribution in [-0.4, -0.2) is 69.3 Å². The van der Waals surface area contributed by atoms with Gasteiger partial charge in [-0.05, 0) is 61.9 Å². The Hall–Kier alpha value is -4.83. The third kappa shape index (κ3) is 5.06. The van der Waals surface area contributed by atoms with Crippen molar-refractivity contribution in [1.82, 2.24) is 18.8 Å². The summed E-state index contributed by atoms with van der Waals surface area (Å²) in [5.74, 6) is 0.495. The monoisotopic (exact) mass is 638 g/mol. The molecular formula is C34H31FN6O4S. The molecule has 6 heterocycles. The average Bonchev–Trinajstić information content (AvgIpc) is 3.44. The van der Waals surface area contributed by atoms with Gasteiger partial charge in [0.1, 0.15) is 23.5 Å². The van der Waals surface area contributed by atoms with E-state index in [1.54, 1.807) is 36.5 Å². The van der Waals surface area contributed by atoms with Gasteiger partial charge in [-0.25, -0.2) is 26.7 Å². The van der Waals surface area contributed by atoms with E-state index in [0.29, 0.717) is 34.3 Å². The summed E-state index contributed by atoms with van der Waals surface area (Å²) in [5.41, 5.74) is 3.45. The molecule has 8 rings (SSSR count). The van der Waals surface area contributed by atoms with Gasteiger partial charge in [-0.3, -0.25) is 4.90 Å². The number of aryl methyl sites for hydroxylation is 1. The number of aliphatic hydroxyl groups excluding tert-OH is 1. The lowest BCUT2D eigenvalue weighted by molar-refractivity contribution is -0.00921. The predicted octanol–water partition coefficient (Wildman–Crippen LogP) is 4.36. The van der Waals surface area contributed by atoms with Crippen molar-refractivity contribution in [2.24, 2.45) is 0 Å². The van der Waals surface area contributed by atoms with Crippen LogP contribution in [0.15, 0.2) is 78.0 Å². The average molecular weight is 639 g/mol. The zero-order chi connectivity index (χ0) is 32.2. The molecule has 0 aliphatic carbocycles. The number of hydrogen-bond donors (Lipinski definition) is 2. The van der Waals surface area contributed by atoms with Gasteiger partial charge in [0.15, 0.2) is 5.65 Å². The van der Waals surface area contributed by atoms with E-state index in [9.17, 15) is 28.3 Å². The Morgan fingerprint density at radius 3 is 2.46 bits per heavy atom. The normalized spacial score (nSPS) is 18.0. The summed E-state index contributed by atoms with van der Waals surface area (Å²) < 4.78 is 42.6. The number of fused-ring (bicyclic) bond motifs is 3. The summed E-state index contributed by atoms with van der Waals surface area (Å²) in [5, 5.41) is 30.5. The molecule has 3 saturated heterocycles. The molecule has 2 N–H and O–H groups in total. The van der Waals surface area contributed by atoms with Gasteiger partial charge in [0.05, 0.1) is 10.5 Å². The fourth-order valence-corrected chi connectivity index (χ4v) is 8.19. The molecule has 2 atom stereocenters. The van der Waals surface area contributed by atoms with Crippen molar-refractivity contribution >= 4 is 26.9 Å². The van der Waals surface area contributed by atoms with E-state index in [2.05, 4.69) is 20.9 Å². The number of pyridine rings is 2. The number of benzene rings is 2. The Bertz CT molecular complexity index is 2100. The molecular weight excluding hydrogens is 607 g/mol. The molecule has 3 aliphatic heterocycles. The second-order valence-electron chi connectivity index (χ2n) is 11.9. The van der Waals surface area contributed by atoms with Gasteiger partial charge >= 0.3 is 0 Å². The molecule has 3 fully saturated rings. The smallest absolute Gasteiger partial charge is 0.269 e. The van der Waals surface area contributed by atoms with Crippen molar-refractivity contribution in [1.29, 1.82) is 5.26 Å². The number of aliphatic hydroxyl groups is 1. The summed E-state index contributed by atoms with van der Waals surface area (Å²) in [6, 6.07) is 18.7. The van der Waals surface area contributed by atoms with Crippen LogP contribution >= 0.6 is 0 Å². The Morgan fingerprint density at radius 1 is 1.02 bits per heavy atom. The van der Waals surface area contributed by atoms with Crippen molar-refractivity contribution in [2.75, 3.05) is 24.6 Å². The number of halogens is 1. The largest absolute Gasteiger partial charge is 0.508 e. The highest BCUT2D eigenvalue weighted by atomic mass is 32.2. The van der Waals surface area contributed by atoms with Gasteiger partial charge in [0.25, 0.3) is 10.0 Å². The van der Waals surface area contributed by atoms with Gasteiger partial charge < -0.3 is 15.1 Å². The summed E-state index contributed by atoms with van der Waals surface area (Å²) in [6.07, 6.45) is 4.15. The number of hydrogen-bond acceptors (Lipinski definition) is 9. The number of nitrogens with zero attached hydrogens (tertiary/aromatic N) is 6. The van der Waals surface area contributed by atoms with Crippen molar-refractivity contribution in [2.45, 2.75) is 43.3 Å². The van der Waals surface area contributed by atoms with E-state index >= 15 is 0 Å². The first-order chi connectivity index (χ1) is 22.2. The standard InChI is InChI=1S/C34H31FN6O4S/c1-21-2-6-29(7-3-21)46(44,45)41-26(10-11-42)14-30-33(24(15-36)17-38-34(30)41)22-4-9-32(37-16-22)39-19-27-13-28(20-39)40(27)18-23-12-25(35)5-8-31(23)43/h2-9,12,14,16-17,27-28,42-43H,10-11,13,18-20H2,1H3. The van der Waals surface area contributed by atoms with E-state index < -0.39 is 10.0 Å². The minimum atomic E-state index is -4.06. The van der Waals surface area contributed by atoms with Crippen LogP contribution in [0.2, 0.25) is 0 Å². The van der Waals surface area contributed by atoms with Crippen LogP contribution in [0, 0.1) is 24.1 Å². The number of phenols is 1. The maximum atomic E-state index is 13.9. The first-order valence-electron chi connectivity index (χ1n) is 15.0. The Morgan fingerprint density at radius 2 is 1.78 bits per heavy atom. The molecule has 0 amide bonds. The SMILES string of the molecule is Cc1ccc(S(=O)(=O)n2c(CCO)cc3c(-c4ccc(N5CC6CC(C5)N6Cc5cc(F)ccc5O)nc4)c(C#N)cnc32)cc1. The van der Waals surface area contributed by atoms with Crippen molar-refractivity contribution in [3.05, 3.63) is 101 Å². The minimum Gasteiger partial charge on any atom is -0.508 e. The molecule has 5 aromatic rings. The fourth-order valence-electron chi connectivity index (χ4n) is 6.68. The molecule has 0 radical (unpaired) electrons. The number of nitriles is 1. The van der Waals surface area contributed by atoms with E-state index in [1.165, 1.54) is 24.4 Å². The third-order valence-corrected chi connectivity index (χ3v) is 10.8. The predicted molar refractivity (Wildman–Crippen MR) is 170 cm³/mol. The topological polar surface area (TPSA) is 136 Å². The second kappa shape index (κ2) is 11.5. The number of rotatable bonds is 8. The van der Waals surface area contributed by atoms with Crippen LogP contribution in [0.25, 0.3) is 22.2 Å². The third-order valence-electron chi connectivity index (χ3n) is 9.01. The van der Waals surface area contributed by atoms with Gasteiger partial charge in [-0.2, -0.15) is 5.26 Å². The zero-order valence-corrected chi connectivity index (χ0v) is 25.8. The van der Waals surface area contributed by atoms with Crippen LogP contribution in [0.1, 0.15) is 28.8 Å². The molecule has 10 nitrogen and oxygen atoms in total. The highest BCUT2D eigenvalue weighted by Gasteiger charge is 2.45. The van der Waals surface area contributed by atoms with Crippen molar-refractivity contribution < 1.29 is 23.0 Å². The highest BCUT2D eigenvalue weighted by molar-refractivity contribution is 7.90. The van der Waals surface area contributed by atoms with Crippen LogP contribution in [0.3, 0.4) is 0 Å². The van der Waals surface area contributed by atoms with Gasteiger partial charge in [-0.1, -0.05) is 17.7 Å². The lowest BCUT2D eigenvalue weighted by Gasteiger charge is -2.56. The van der Waals surface area contributed by atoms with E-state index in [4.69, 9.17) is 4.98 Å². The molecule has 12 heteroatoms. The van der Waals surface area contributed by atoms with Crippen molar-refractivity contribution in [3.8, 4) is 22.9 Å². The maximum Gasteiger partial charge on any atom is 0.269 e. The molecule has 0 saturated carbocycles. The van der Waals surface area contributed by atoms with Crippen LogP contribution in [0.4, 0.5) is 10.2 Å². The number of piperazine rings is 1. The fraction of sp³-hybridized carbons (Fsp3) is 0.265. The molecule has 0 spiro atoms. The van der Waals surface area contributed by atoms with Crippen LogP contribution < -0.4 is 4.90 Å². The van der Waals surface area contributed by atoms with Crippen LogP contribution in [-0.2, 0) is 23.0 Å². The maximum absolute atomic E-state index is 13.9. The van der Waals surface area contributed by atoms with E-state index in [1.807, 2.05) is 19.1 Å². The lowest BCUT2D eigenvalue weighted by atomic mass is 9.86. The highest BCUT2D eigenvalue weighted by Crippen LogP contribution is 2.38. The first kappa shape index (κ1) is 29.9. The van der Waals surface area contributed by atoms with Crippen LogP contribution in [0.5, 0.6) is 5.75 Å². The molecule has 3 aromatic heterocycles. The summed E-state index contributed by atoms with van der Waals surface area (Å²) in [7, 11) is -4.06. The Kier molecular flexibility index (Phi) is 7.47. The number of aromatic nitrogens is 3. The Balaban J connectivity index is 1.19. The minimum absolute atomic E-state index is 0.0765. The summed E-state index contributed by atoms with van der Waals surface area (Å²) in [6.45, 7) is 3.54. The van der Waals surface area contributed by atoms with E-state index in [-0.39, 0.29) is 52.8 Å². The second-order valence-corrected chi connectivity index (χ2v) is 13.7. The number of aromatic hydroxyl groups is 1. The number of piperidine rings is 1. The zero-order valence-electron chi connectivity index (χ0n) is 25.0. The summed E-state index contributed by atoms with van der Waals surface area (Å²) in [4.78, 5) is 13.7. The number of phenolic OH excluding ortho intramolecular Hbond substituents is 1. The molecule has 234 valence electrons.